The molecule has 166 valence electrons. The van der Waals surface area contributed by atoms with E-state index < -0.39 is 6.36 Å². The number of imidazole rings is 1. The number of nitrogens with zero attached hydrogens (tertiary/aromatic N) is 2. The summed E-state index contributed by atoms with van der Waals surface area (Å²) < 4.78 is 47.6. The molecule has 1 amide bonds. The molecule has 1 N–H and O–H groups in total. The number of ether oxygens (including phenoxy) is 2. The highest BCUT2D eigenvalue weighted by atomic mass is 32.1. The van der Waals surface area contributed by atoms with Crippen LogP contribution >= 0.6 is 11.3 Å². The van der Waals surface area contributed by atoms with Crippen LogP contribution in [0.1, 0.15) is 12.1 Å². The summed E-state index contributed by atoms with van der Waals surface area (Å²) in [7, 11) is 1.61. The van der Waals surface area contributed by atoms with Crippen molar-refractivity contribution in [3.63, 3.8) is 0 Å². The second-order valence-corrected chi connectivity index (χ2v) is 7.69. The van der Waals surface area contributed by atoms with E-state index in [4.69, 9.17) is 4.74 Å². The van der Waals surface area contributed by atoms with Crippen LogP contribution in [0, 0.1) is 0 Å². The lowest BCUT2D eigenvalue weighted by molar-refractivity contribution is -0.274. The van der Waals surface area contributed by atoms with Crippen molar-refractivity contribution in [2.75, 3.05) is 12.4 Å². The molecule has 0 aliphatic rings. The van der Waals surface area contributed by atoms with Gasteiger partial charge in [-0.1, -0.05) is 0 Å². The van der Waals surface area contributed by atoms with Gasteiger partial charge >= 0.3 is 6.36 Å². The Hall–Kier alpha value is -3.53. The Bertz CT molecular complexity index is 1220. The molecule has 0 radical (unpaired) electrons. The number of halogens is 3. The summed E-state index contributed by atoms with van der Waals surface area (Å²) in [5.74, 6) is 0.178. The normalized spacial score (nSPS) is 11.5. The monoisotopic (exact) mass is 461 g/mol. The van der Waals surface area contributed by atoms with Gasteiger partial charge in [0, 0.05) is 34.9 Å². The molecular weight excluding hydrogens is 443 g/mol. The minimum absolute atomic E-state index is 0.211. The zero-order valence-corrected chi connectivity index (χ0v) is 17.7. The van der Waals surface area contributed by atoms with Gasteiger partial charge in [-0.25, -0.2) is 4.98 Å². The van der Waals surface area contributed by atoms with Gasteiger partial charge in [-0.3, -0.25) is 9.20 Å². The van der Waals surface area contributed by atoms with Crippen LogP contribution in [0.5, 0.6) is 11.5 Å². The van der Waals surface area contributed by atoms with Crippen molar-refractivity contribution in [3.05, 3.63) is 65.8 Å². The molecule has 10 heteroatoms. The van der Waals surface area contributed by atoms with E-state index in [-0.39, 0.29) is 18.1 Å². The number of hydrogen-bond acceptors (Lipinski definition) is 5. The van der Waals surface area contributed by atoms with Crippen LogP contribution in [-0.2, 0) is 11.2 Å². The van der Waals surface area contributed by atoms with Gasteiger partial charge in [0.2, 0.25) is 5.91 Å². The molecule has 2 heterocycles. The van der Waals surface area contributed by atoms with E-state index in [1.165, 1.54) is 23.5 Å². The average molecular weight is 461 g/mol. The lowest BCUT2D eigenvalue weighted by Crippen LogP contribution is -2.17. The summed E-state index contributed by atoms with van der Waals surface area (Å²) in [6.07, 6.45) is -2.13. The molecule has 0 bridgehead atoms. The third-order valence-corrected chi connectivity index (χ3v) is 5.54. The first-order valence-corrected chi connectivity index (χ1v) is 10.4. The SMILES string of the molecule is COc1ccc(-c2cn3c(CCC(=O)Nc4ccc(OC(F)(F)F)cc4)csc3n2)cc1. The number of carbonyl (C=O) groups excluding carboxylic acids is 1. The number of aryl methyl sites for hydroxylation is 1. The number of anilines is 1. The Balaban J connectivity index is 1.37. The van der Waals surface area contributed by atoms with Gasteiger partial charge in [0.05, 0.1) is 12.8 Å². The Morgan fingerprint density at radius 3 is 2.44 bits per heavy atom. The number of carbonyl (C=O) groups is 1. The maximum Gasteiger partial charge on any atom is 0.573 e. The zero-order valence-electron chi connectivity index (χ0n) is 16.8. The number of nitrogens with one attached hydrogen (secondary N) is 1. The van der Waals surface area contributed by atoms with E-state index in [1.807, 2.05) is 40.2 Å². The van der Waals surface area contributed by atoms with E-state index in [9.17, 15) is 18.0 Å². The van der Waals surface area contributed by atoms with Gasteiger partial charge in [-0.05, 0) is 55.0 Å². The first-order valence-electron chi connectivity index (χ1n) is 9.56. The Labute approximate surface area is 185 Å². The third kappa shape index (κ3) is 5.20. The van der Waals surface area contributed by atoms with E-state index in [0.29, 0.717) is 12.1 Å². The van der Waals surface area contributed by atoms with E-state index >= 15 is 0 Å². The summed E-state index contributed by atoms with van der Waals surface area (Å²) in [6, 6.07) is 12.6. The minimum Gasteiger partial charge on any atom is -0.497 e. The second kappa shape index (κ2) is 8.91. The molecule has 0 aliphatic carbocycles. The first kappa shape index (κ1) is 21.7. The van der Waals surface area contributed by atoms with Gasteiger partial charge < -0.3 is 14.8 Å². The number of fused-ring (bicyclic) bond motifs is 1. The van der Waals surface area contributed by atoms with Crippen LogP contribution in [0.15, 0.2) is 60.1 Å². The van der Waals surface area contributed by atoms with Crippen molar-refractivity contribution in [1.29, 1.82) is 0 Å². The molecule has 0 saturated carbocycles. The maximum atomic E-state index is 12.3. The Kier molecular flexibility index (Phi) is 6.04. The highest BCUT2D eigenvalue weighted by molar-refractivity contribution is 7.15. The second-order valence-electron chi connectivity index (χ2n) is 6.85. The van der Waals surface area contributed by atoms with Crippen LogP contribution in [0.4, 0.5) is 18.9 Å². The molecule has 4 rings (SSSR count). The molecule has 0 unspecified atom stereocenters. The Morgan fingerprint density at radius 1 is 1.09 bits per heavy atom. The largest absolute Gasteiger partial charge is 0.573 e. The highest BCUT2D eigenvalue weighted by Crippen LogP contribution is 2.26. The van der Waals surface area contributed by atoms with E-state index in [0.717, 1.165) is 39.8 Å². The summed E-state index contributed by atoms with van der Waals surface area (Å²) in [4.78, 5) is 17.7. The van der Waals surface area contributed by atoms with Crippen molar-refractivity contribution in [1.82, 2.24) is 9.38 Å². The van der Waals surface area contributed by atoms with Crippen molar-refractivity contribution in [3.8, 4) is 22.8 Å². The quantitative estimate of drug-likeness (QED) is 0.392. The fraction of sp³-hybridized carbons (Fsp3) is 0.182. The van der Waals surface area contributed by atoms with Gasteiger partial charge in [0.25, 0.3) is 0 Å². The average Bonchev–Trinajstić information content (AvgIpc) is 3.34. The predicted molar refractivity (Wildman–Crippen MR) is 115 cm³/mol. The minimum atomic E-state index is -4.75. The number of benzene rings is 2. The van der Waals surface area contributed by atoms with Crippen molar-refractivity contribution in [2.24, 2.45) is 0 Å². The molecule has 32 heavy (non-hydrogen) atoms. The number of methoxy groups -OCH3 is 1. The van der Waals surface area contributed by atoms with Crippen LogP contribution in [0.25, 0.3) is 16.2 Å². The lowest BCUT2D eigenvalue weighted by Gasteiger charge is -2.10. The predicted octanol–water partition coefficient (Wildman–Crippen LogP) is 5.54. The topological polar surface area (TPSA) is 64.9 Å². The number of thiazole rings is 1. The summed E-state index contributed by atoms with van der Waals surface area (Å²) in [5, 5.41) is 4.63. The summed E-state index contributed by atoms with van der Waals surface area (Å²) >= 11 is 1.49. The molecule has 0 fully saturated rings. The zero-order chi connectivity index (χ0) is 22.7. The smallest absolute Gasteiger partial charge is 0.497 e. The molecule has 0 atom stereocenters. The van der Waals surface area contributed by atoms with E-state index in [1.54, 1.807) is 7.11 Å². The van der Waals surface area contributed by atoms with Gasteiger partial charge in [-0.15, -0.1) is 24.5 Å². The molecule has 0 aliphatic heterocycles. The maximum absolute atomic E-state index is 12.3. The molecule has 2 aromatic heterocycles. The van der Waals surface area contributed by atoms with Crippen LogP contribution in [0.3, 0.4) is 0 Å². The highest BCUT2D eigenvalue weighted by Gasteiger charge is 2.30. The third-order valence-electron chi connectivity index (χ3n) is 4.65. The molecular formula is C22H18F3N3O3S. The van der Waals surface area contributed by atoms with Crippen LogP contribution in [0.2, 0.25) is 0 Å². The van der Waals surface area contributed by atoms with Crippen molar-refractivity contribution < 1.29 is 27.4 Å². The number of alkyl halides is 3. The number of rotatable bonds is 7. The van der Waals surface area contributed by atoms with Crippen molar-refractivity contribution in [2.45, 2.75) is 19.2 Å². The van der Waals surface area contributed by atoms with Crippen molar-refractivity contribution >= 4 is 27.9 Å². The van der Waals surface area contributed by atoms with Gasteiger partial charge in [-0.2, -0.15) is 0 Å². The first-order chi connectivity index (χ1) is 15.3. The fourth-order valence-electron chi connectivity index (χ4n) is 3.11. The molecule has 0 saturated heterocycles. The van der Waals surface area contributed by atoms with Crippen LogP contribution < -0.4 is 14.8 Å². The molecule has 0 spiro atoms. The molecule has 6 nitrogen and oxygen atoms in total. The molecule has 2 aromatic carbocycles. The number of hydrogen-bond donors (Lipinski definition) is 1. The van der Waals surface area contributed by atoms with Gasteiger partial charge in [0.1, 0.15) is 11.5 Å². The standard InChI is InChI=1S/C22H18F3N3O3S/c1-30-17-7-2-14(3-8-17)19-12-28-16(13-32-21(28)27-19)6-11-20(29)26-15-4-9-18(10-5-15)31-22(23,24)25/h2-5,7-10,12-13H,6,11H2,1H3,(H,26,29). The van der Waals surface area contributed by atoms with E-state index in [2.05, 4.69) is 15.0 Å². The number of aromatic nitrogens is 2. The fourth-order valence-corrected chi connectivity index (χ4v) is 4.02. The summed E-state index contributed by atoms with van der Waals surface area (Å²) in [5.41, 5.74) is 3.13. The lowest BCUT2D eigenvalue weighted by atomic mass is 10.1. The summed E-state index contributed by atoms with van der Waals surface area (Å²) in [6.45, 7) is 0. The van der Waals surface area contributed by atoms with Gasteiger partial charge in [0.15, 0.2) is 4.96 Å². The Morgan fingerprint density at radius 2 is 1.78 bits per heavy atom. The van der Waals surface area contributed by atoms with Crippen LogP contribution in [-0.4, -0.2) is 28.8 Å². The number of amides is 1. The molecule has 4 aromatic rings.